The van der Waals surface area contributed by atoms with E-state index >= 15 is 0 Å². The van der Waals surface area contributed by atoms with E-state index in [1.165, 1.54) is 53.4 Å². The highest BCUT2D eigenvalue weighted by Crippen LogP contribution is 2.27. The second kappa shape index (κ2) is 9.71. The largest absolute Gasteiger partial charge is 0.340 e. The molecule has 0 aliphatic heterocycles. The summed E-state index contributed by atoms with van der Waals surface area (Å²) < 4.78 is 41.6. The third kappa shape index (κ3) is 4.67. The lowest BCUT2D eigenvalue weighted by Crippen LogP contribution is -2.37. The van der Waals surface area contributed by atoms with E-state index in [9.17, 15) is 22.4 Å². The third-order valence-corrected chi connectivity index (χ3v) is 7.46. The summed E-state index contributed by atoms with van der Waals surface area (Å²) in [6.07, 6.45) is 1.33. The molecule has 0 aliphatic rings. The minimum absolute atomic E-state index is 0.0434. The molecule has 9 heteroatoms. The van der Waals surface area contributed by atoms with E-state index in [0.29, 0.717) is 10.9 Å². The van der Waals surface area contributed by atoms with Crippen LogP contribution in [-0.2, 0) is 10.0 Å². The van der Waals surface area contributed by atoms with E-state index in [1.807, 2.05) is 0 Å². The minimum Gasteiger partial charge on any atom is -0.340 e. The molecule has 0 radical (unpaired) electrons. The molecule has 0 saturated heterocycles. The first kappa shape index (κ1) is 24.2. The van der Waals surface area contributed by atoms with Gasteiger partial charge in [0.15, 0.2) is 0 Å². The van der Waals surface area contributed by atoms with Crippen molar-refractivity contribution in [2.45, 2.75) is 4.90 Å². The van der Waals surface area contributed by atoms with Gasteiger partial charge in [0, 0.05) is 38.8 Å². The lowest BCUT2D eigenvalue weighted by molar-refractivity contribution is 0.0717. The molecule has 1 heterocycles. The molecule has 0 atom stereocenters. The number of halogens is 1. The van der Waals surface area contributed by atoms with Crippen LogP contribution in [0.15, 0.2) is 90.0 Å². The number of nitrogens with zero attached hydrogens (tertiary/aromatic N) is 3. The lowest BCUT2D eigenvalue weighted by atomic mass is 10.1. The van der Waals surface area contributed by atoms with Gasteiger partial charge in [-0.05, 0) is 30.3 Å². The standard InChI is InChI=1S/C26H24FN3O4S/c1-28(25(31)21-13-6-8-14-23(21)27)16-17-29(2)26(32)22-18-30(24-15-9-7-12-20(22)24)35(33,34)19-10-4-3-5-11-19/h3-15,18H,16-17H2,1-2H3. The van der Waals surface area contributed by atoms with Crippen LogP contribution in [0.25, 0.3) is 10.9 Å². The van der Waals surface area contributed by atoms with Crippen LogP contribution >= 0.6 is 0 Å². The van der Waals surface area contributed by atoms with Crippen LogP contribution in [-0.4, -0.2) is 61.2 Å². The maximum Gasteiger partial charge on any atom is 0.268 e. The number of benzene rings is 3. The van der Waals surface area contributed by atoms with Crippen molar-refractivity contribution >= 4 is 32.7 Å². The fourth-order valence-electron chi connectivity index (χ4n) is 3.77. The number of carbonyl (C=O) groups excluding carboxylic acids is 2. The number of fused-ring (bicyclic) bond motifs is 1. The maximum atomic E-state index is 14.0. The predicted octanol–water partition coefficient (Wildman–Crippen LogP) is 3.86. The molecule has 7 nitrogen and oxygen atoms in total. The molecule has 0 saturated carbocycles. The molecule has 2 amide bonds. The molecule has 0 spiro atoms. The average Bonchev–Trinajstić information content (AvgIpc) is 3.27. The van der Waals surface area contributed by atoms with E-state index in [1.54, 1.807) is 55.6 Å². The number of amides is 2. The number of carbonyl (C=O) groups is 2. The third-order valence-electron chi connectivity index (χ3n) is 5.78. The van der Waals surface area contributed by atoms with E-state index in [-0.39, 0.29) is 29.1 Å². The Morgan fingerprint density at radius 1 is 0.771 bits per heavy atom. The molecule has 0 bridgehead atoms. The first-order chi connectivity index (χ1) is 16.7. The Morgan fingerprint density at radius 2 is 1.31 bits per heavy atom. The number of para-hydroxylation sites is 1. The molecule has 35 heavy (non-hydrogen) atoms. The summed E-state index contributed by atoms with van der Waals surface area (Å²) in [4.78, 5) is 28.7. The zero-order valence-electron chi connectivity index (χ0n) is 19.3. The highest BCUT2D eigenvalue weighted by Gasteiger charge is 2.25. The summed E-state index contributed by atoms with van der Waals surface area (Å²) in [5.41, 5.74) is 0.573. The summed E-state index contributed by atoms with van der Waals surface area (Å²) in [5, 5.41) is 0.500. The van der Waals surface area contributed by atoms with E-state index < -0.39 is 27.7 Å². The summed E-state index contributed by atoms with van der Waals surface area (Å²) in [5.74, 6) is -1.49. The van der Waals surface area contributed by atoms with Crippen LogP contribution < -0.4 is 0 Å². The molecule has 4 aromatic rings. The van der Waals surface area contributed by atoms with Crippen LogP contribution in [0.5, 0.6) is 0 Å². The Hall–Kier alpha value is -3.98. The van der Waals surface area contributed by atoms with Gasteiger partial charge in [0.1, 0.15) is 5.82 Å². The minimum atomic E-state index is -3.92. The molecule has 0 fully saturated rings. The maximum absolute atomic E-state index is 14.0. The highest BCUT2D eigenvalue weighted by molar-refractivity contribution is 7.90. The topological polar surface area (TPSA) is 79.7 Å². The summed E-state index contributed by atoms with van der Waals surface area (Å²) in [6, 6.07) is 20.5. The van der Waals surface area contributed by atoms with Crippen molar-refractivity contribution in [3.63, 3.8) is 0 Å². The van der Waals surface area contributed by atoms with Gasteiger partial charge >= 0.3 is 0 Å². The number of hydrogen-bond acceptors (Lipinski definition) is 4. The molecule has 0 unspecified atom stereocenters. The number of likely N-dealkylation sites (N-methyl/N-ethyl adjacent to an activating group) is 2. The highest BCUT2D eigenvalue weighted by atomic mass is 32.2. The zero-order valence-corrected chi connectivity index (χ0v) is 20.1. The van der Waals surface area contributed by atoms with Gasteiger partial charge in [0.2, 0.25) is 0 Å². The van der Waals surface area contributed by atoms with Gasteiger partial charge in [-0.1, -0.05) is 48.5 Å². The smallest absolute Gasteiger partial charge is 0.268 e. The average molecular weight is 494 g/mol. The molecule has 1 aromatic heterocycles. The summed E-state index contributed by atoms with van der Waals surface area (Å²) in [7, 11) is -0.814. The van der Waals surface area contributed by atoms with Crippen LogP contribution in [0.2, 0.25) is 0 Å². The SMILES string of the molecule is CN(CCN(C)C(=O)c1cn(S(=O)(=O)c2ccccc2)c2ccccc12)C(=O)c1ccccc1F. The molecular weight excluding hydrogens is 469 g/mol. The van der Waals surface area contributed by atoms with Crippen molar-refractivity contribution in [2.75, 3.05) is 27.2 Å². The quantitative estimate of drug-likeness (QED) is 0.392. The van der Waals surface area contributed by atoms with Gasteiger partial charge in [-0.25, -0.2) is 16.8 Å². The van der Waals surface area contributed by atoms with E-state index in [2.05, 4.69) is 0 Å². The monoisotopic (exact) mass is 493 g/mol. The second-order valence-electron chi connectivity index (χ2n) is 8.11. The molecule has 180 valence electrons. The van der Waals surface area contributed by atoms with Crippen LogP contribution in [0.4, 0.5) is 4.39 Å². The molecule has 0 aliphatic carbocycles. The Balaban J connectivity index is 1.57. The van der Waals surface area contributed by atoms with Gasteiger partial charge in [0.05, 0.1) is 21.5 Å². The Kier molecular flexibility index (Phi) is 6.70. The fraction of sp³-hybridized carbons (Fsp3) is 0.154. The van der Waals surface area contributed by atoms with Gasteiger partial charge < -0.3 is 9.80 Å². The van der Waals surface area contributed by atoms with Crippen LogP contribution in [0.3, 0.4) is 0 Å². The molecule has 4 rings (SSSR count). The van der Waals surface area contributed by atoms with E-state index in [0.717, 1.165) is 3.97 Å². The van der Waals surface area contributed by atoms with Crippen molar-refractivity contribution in [1.82, 2.24) is 13.8 Å². The molecular formula is C26H24FN3O4S. The van der Waals surface area contributed by atoms with Crippen molar-refractivity contribution < 1.29 is 22.4 Å². The first-order valence-electron chi connectivity index (χ1n) is 10.9. The second-order valence-corrected chi connectivity index (χ2v) is 9.92. The summed E-state index contributed by atoms with van der Waals surface area (Å²) >= 11 is 0. The lowest BCUT2D eigenvalue weighted by Gasteiger charge is -2.22. The Labute approximate surface area is 203 Å². The normalized spacial score (nSPS) is 11.4. The fourth-order valence-corrected chi connectivity index (χ4v) is 5.16. The van der Waals surface area contributed by atoms with Crippen LogP contribution in [0.1, 0.15) is 20.7 Å². The zero-order chi connectivity index (χ0) is 25.2. The predicted molar refractivity (Wildman–Crippen MR) is 131 cm³/mol. The van der Waals surface area contributed by atoms with Crippen molar-refractivity contribution in [3.8, 4) is 0 Å². The first-order valence-corrected chi connectivity index (χ1v) is 12.3. The van der Waals surface area contributed by atoms with E-state index in [4.69, 9.17) is 0 Å². The summed E-state index contributed by atoms with van der Waals surface area (Å²) in [6.45, 7) is 0.330. The molecule has 3 aromatic carbocycles. The molecule has 0 N–H and O–H groups in total. The van der Waals surface area contributed by atoms with Crippen molar-refractivity contribution in [1.29, 1.82) is 0 Å². The van der Waals surface area contributed by atoms with Gasteiger partial charge in [-0.15, -0.1) is 0 Å². The Bertz CT molecular complexity index is 1500. The number of rotatable bonds is 7. The Morgan fingerprint density at radius 3 is 1.97 bits per heavy atom. The van der Waals surface area contributed by atoms with Gasteiger partial charge in [-0.3, -0.25) is 9.59 Å². The number of aromatic nitrogens is 1. The number of hydrogen-bond donors (Lipinski definition) is 0. The van der Waals surface area contributed by atoms with Crippen LogP contribution in [0, 0.1) is 5.82 Å². The van der Waals surface area contributed by atoms with Gasteiger partial charge in [0.25, 0.3) is 21.8 Å². The van der Waals surface area contributed by atoms with Crippen molar-refractivity contribution in [2.24, 2.45) is 0 Å². The van der Waals surface area contributed by atoms with Gasteiger partial charge in [-0.2, -0.15) is 0 Å². The van der Waals surface area contributed by atoms with Crippen molar-refractivity contribution in [3.05, 3.63) is 102 Å².